The molecule has 1 aliphatic heterocycles. The van der Waals surface area contributed by atoms with Crippen molar-refractivity contribution in [1.82, 2.24) is 14.9 Å². The lowest BCUT2D eigenvalue weighted by atomic mass is 9.91. The molecule has 0 saturated carbocycles. The maximum atomic E-state index is 15.2. The molecule has 200 valence electrons. The van der Waals surface area contributed by atoms with E-state index in [1.807, 2.05) is 0 Å². The van der Waals surface area contributed by atoms with E-state index in [1.54, 1.807) is 36.9 Å². The minimum atomic E-state index is -2.88. The predicted octanol–water partition coefficient (Wildman–Crippen LogP) is 4.28. The number of amides is 1. The number of halogens is 3. The largest absolute Gasteiger partial charge is 0.375 e. The summed E-state index contributed by atoms with van der Waals surface area (Å²) >= 11 is 0. The number of nitrogens with zero attached hydrogens (tertiary/aromatic N) is 3. The van der Waals surface area contributed by atoms with Gasteiger partial charge in [-0.15, -0.1) is 0 Å². The third-order valence-corrected chi connectivity index (χ3v) is 6.32. The first-order valence-electron chi connectivity index (χ1n) is 13.4. The Morgan fingerprint density at radius 2 is 1.95 bits per heavy atom. The Balaban J connectivity index is 1.82. The molecule has 0 atom stereocenters. The van der Waals surface area contributed by atoms with Gasteiger partial charge in [-0.2, -0.15) is 4.98 Å². The zero-order valence-corrected chi connectivity index (χ0v) is 21.4. The monoisotopic (exact) mass is 529 g/mol. The Morgan fingerprint density at radius 1 is 1.21 bits per heavy atom. The van der Waals surface area contributed by atoms with Crippen molar-refractivity contribution in [2.24, 2.45) is 12.4 Å². The van der Waals surface area contributed by atoms with Crippen LogP contribution in [0.5, 0.6) is 0 Å². The fourth-order valence-corrected chi connectivity index (χ4v) is 3.98. The minimum absolute atomic E-state index is 0.0673. The number of aromatic nitrogens is 2. The van der Waals surface area contributed by atoms with Gasteiger partial charge in [-0.3, -0.25) is 9.36 Å². The highest BCUT2D eigenvalue weighted by molar-refractivity contribution is 5.93. The Labute approximate surface area is 222 Å². The van der Waals surface area contributed by atoms with Crippen LogP contribution in [0.15, 0.2) is 41.2 Å². The van der Waals surface area contributed by atoms with Crippen LogP contribution in [-0.2, 0) is 23.1 Å². The van der Waals surface area contributed by atoms with Gasteiger partial charge in [0, 0.05) is 34.4 Å². The first-order valence-corrected chi connectivity index (χ1v) is 11.9. The highest BCUT2D eigenvalue weighted by atomic mass is 19.3. The number of rotatable bonds is 4. The SMILES string of the molecule is [2H]C([2H])([2H])n1c(=O)nc(N2CCOCc3c(C#CC(C)(C)NC(=O)C(C)(C)C(F)F)cccc32)c2c(F)cccc21. The van der Waals surface area contributed by atoms with Crippen molar-refractivity contribution >= 4 is 28.3 Å². The van der Waals surface area contributed by atoms with Gasteiger partial charge in [-0.05, 0) is 52.0 Å². The molecule has 1 amide bonds. The van der Waals surface area contributed by atoms with Gasteiger partial charge in [0.15, 0.2) is 5.82 Å². The van der Waals surface area contributed by atoms with Crippen molar-refractivity contribution in [3.63, 3.8) is 0 Å². The number of alkyl halides is 2. The van der Waals surface area contributed by atoms with Crippen LogP contribution < -0.4 is 15.9 Å². The number of benzene rings is 2. The topological polar surface area (TPSA) is 76.5 Å². The van der Waals surface area contributed by atoms with Crippen molar-refractivity contribution in [2.75, 3.05) is 18.1 Å². The molecule has 2 heterocycles. The summed E-state index contributed by atoms with van der Waals surface area (Å²) in [6.45, 7) is 3.03. The summed E-state index contributed by atoms with van der Waals surface area (Å²) in [6, 6.07) is 8.94. The van der Waals surface area contributed by atoms with Crippen molar-refractivity contribution < 1.29 is 26.8 Å². The van der Waals surface area contributed by atoms with Crippen LogP contribution in [0.1, 0.15) is 42.9 Å². The summed E-state index contributed by atoms with van der Waals surface area (Å²) in [5.74, 6) is 4.25. The zero-order chi connectivity index (χ0) is 30.3. The third kappa shape index (κ3) is 5.11. The number of anilines is 2. The van der Waals surface area contributed by atoms with E-state index in [1.165, 1.54) is 12.1 Å². The normalized spacial score (nSPS) is 15.6. The van der Waals surface area contributed by atoms with Gasteiger partial charge in [-0.25, -0.2) is 18.0 Å². The third-order valence-electron chi connectivity index (χ3n) is 6.32. The number of aryl methyl sites for hydroxylation is 1. The number of ether oxygens (including phenoxy) is 1. The molecule has 0 radical (unpaired) electrons. The van der Waals surface area contributed by atoms with Crippen molar-refractivity contribution in [2.45, 2.75) is 46.3 Å². The summed E-state index contributed by atoms with van der Waals surface area (Å²) in [6.07, 6.45) is -2.87. The molecule has 1 N–H and O–H groups in total. The molecule has 3 aromatic rings. The Bertz CT molecular complexity index is 1630. The van der Waals surface area contributed by atoms with Gasteiger partial charge in [0.25, 0.3) is 6.43 Å². The summed E-state index contributed by atoms with van der Waals surface area (Å²) in [5, 5.41) is 2.42. The molecule has 0 bridgehead atoms. The van der Waals surface area contributed by atoms with Gasteiger partial charge in [0.2, 0.25) is 5.91 Å². The second-order valence-corrected chi connectivity index (χ2v) is 10.0. The van der Waals surface area contributed by atoms with Gasteiger partial charge in [0.1, 0.15) is 11.2 Å². The zero-order valence-electron chi connectivity index (χ0n) is 24.4. The Morgan fingerprint density at radius 3 is 2.66 bits per heavy atom. The van der Waals surface area contributed by atoms with Crippen LogP contribution in [0.2, 0.25) is 0 Å². The first kappa shape index (κ1) is 23.3. The molecule has 1 aliphatic rings. The molecule has 0 aliphatic carbocycles. The Kier molecular flexibility index (Phi) is 6.21. The highest BCUT2D eigenvalue weighted by Crippen LogP contribution is 2.35. The maximum Gasteiger partial charge on any atom is 0.349 e. The van der Waals surface area contributed by atoms with Crippen LogP contribution in [-0.4, -0.2) is 40.6 Å². The van der Waals surface area contributed by atoms with Crippen LogP contribution in [0.25, 0.3) is 10.9 Å². The van der Waals surface area contributed by atoms with Crippen molar-refractivity contribution in [3.8, 4) is 11.8 Å². The molecule has 38 heavy (non-hydrogen) atoms. The summed E-state index contributed by atoms with van der Waals surface area (Å²) in [7, 11) is 0. The number of hydrogen-bond acceptors (Lipinski definition) is 5. The lowest BCUT2D eigenvalue weighted by Crippen LogP contribution is -2.50. The summed E-state index contributed by atoms with van der Waals surface area (Å²) < 4.78 is 71.5. The molecule has 7 nitrogen and oxygen atoms in total. The molecule has 0 spiro atoms. The molecule has 4 rings (SSSR count). The highest BCUT2D eigenvalue weighted by Gasteiger charge is 2.39. The van der Waals surface area contributed by atoms with Crippen LogP contribution in [0.3, 0.4) is 0 Å². The van der Waals surface area contributed by atoms with E-state index < -0.39 is 41.8 Å². The van der Waals surface area contributed by atoms with E-state index in [4.69, 9.17) is 8.85 Å². The van der Waals surface area contributed by atoms with E-state index in [-0.39, 0.29) is 36.5 Å². The fraction of sp³-hybridized carbons (Fsp3) is 0.393. The summed E-state index contributed by atoms with van der Waals surface area (Å²) in [5.41, 5.74) is -2.69. The van der Waals surface area contributed by atoms with Gasteiger partial charge < -0.3 is 15.0 Å². The van der Waals surface area contributed by atoms with E-state index in [9.17, 15) is 18.4 Å². The number of carbonyl (C=O) groups is 1. The molecule has 0 fully saturated rings. The van der Waals surface area contributed by atoms with E-state index in [0.29, 0.717) is 21.4 Å². The van der Waals surface area contributed by atoms with Crippen molar-refractivity contribution in [3.05, 3.63) is 63.8 Å². The fourth-order valence-electron chi connectivity index (χ4n) is 3.98. The standard InChI is InChI=1S/C28H29F3N4O3/c1-27(2,33-25(36)28(3,4)24(30)31)13-12-17-8-6-10-20-18(17)16-38-15-14-35(20)23-22-19(29)9-7-11-21(22)34(5)26(37)32-23/h6-11,24H,14-16H2,1-5H3,(H,33,36)/i5D3. The number of hydrogen-bond donors (Lipinski definition) is 1. The van der Waals surface area contributed by atoms with E-state index in [2.05, 4.69) is 22.1 Å². The predicted molar refractivity (Wildman–Crippen MR) is 139 cm³/mol. The molecule has 0 saturated heterocycles. The molecule has 1 aromatic heterocycles. The molecule has 10 heteroatoms. The van der Waals surface area contributed by atoms with Gasteiger partial charge in [0.05, 0.1) is 29.7 Å². The molecule has 2 aromatic carbocycles. The number of nitrogens with one attached hydrogen (secondary N) is 1. The van der Waals surface area contributed by atoms with E-state index in [0.717, 1.165) is 19.9 Å². The lowest BCUT2D eigenvalue weighted by molar-refractivity contribution is -0.138. The minimum Gasteiger partial charge on any atom is -0.375 e. The van der Waals surface area contributed by atoms with Crippen molar-refractivity contribution in [1.29, 1.82) is 0 Å². The van der Waals surface area contributed by atoms with E-state index >= 15 is 4.39 Å². The Hall–Kier alpha value is -3.84. The molecule has 0 unspecified atom stereocenters. The molecular formula is C28H29F3N4O3. The quantitative estimate of drug-likeness (QED) is 0.511. The average Bonchev–Trinajstić information content (AvgIpc) is 3.08. The van der Waals surface area contributed by atoms with Crippen LogP contribution >= 0.6 is 0 Å². The first-order chi connectivity index (χ1) is 19.0. The molecular weight excluding hydrogens is 497 g/mol. The number of fused-ring (bicyclic) bond motifs is 2. The second-order valence-electron chi connectivity index (χ2n) is 10.0. The smallest absolute Gasteiger partial charge is 0.349 e. The maximum absolute atomic E-state index is 15.2. The second kappa shape index (κ2) is 10.1. The van der Waals surface area contributed by atoms with Crippen LogP contribution in [0.4, 0.5) is 24.7 Å². The van der Waals surface area contributed by atoms with Crippen LogP contribution in [0, 0.1) is 23.1 Å². The average molecular weight is 530 g/mol. The van der Waals surface area contributed by atoms with Gasteiger partial charge >= 0.3 is 5.69 Å². The van der Waals surface area contributed by atoms with Gasteiger partial charge in [-0.1, -0.05) is 24.0 Å². The lowest BCUT2D eigenvalue weighted by Gasteiger charge is -2.28. The summed E-state index contributed by atoms with van der Waals surface area (Å²) in [4.78, 5) is 31.0. The number of carbonyl (C=O) groups excluding carboxylic acids is 1.